The molecule has 0 N–H and O–H groups in total. The maximum atomic E-state index is 4.80. The van der Waals surface area contributed by atoms with Crippen LogP contribution in [0, 0.1) is 6.07 Å². The first-order valence-corrected chi connectivity index (χ1v) is 4.24. The summed E-state index contributed by atoms with van der Waals surface area (Å²) < 4.78 is 0. The Balaban J connectivity index is 0. The molecule has 1 aromatic rings. The molecule has 0 saturated carbocycles. The van der Waals surface area contributed by atoms with Crippen molar-refractivity contribution >= 4 is 25.0 Å². The van der Waals surface area contributed by atoms with E-state index in [1.807, 2.05) is 42.5 Å². The fourth-order valence-corrected chi connectivity index (χ4v) is 0.944. The molecular formula is C11H11ClHfS-2. The molecule has 0 spiro atoms. The molecule has 0 aromatic heterocycles. The van der Waals surface area contributed by atoms with E-state index in [9.17, 15) is 0 Å². The molecule has 0 unspecified atom stereocenters. The molecule has 0 atom stereocenters. The first kappa shape index (κ1) is 16.5. The average Bonchev–Trinajstić information content (AvgIpc) is 2.60. The van der Waals surface area contributed by atoms with E-state index < -0.39 is 0 Å². The summed E-state index contributed by atoms with van der Waals surface area (Å²) in [5, 5.41) is 0. The summed E-state index contributed by atoms with van der Waals surface area (Å²) in [6, 6.07) is 12.5. The zero-order chi connectivity index (χ0) is 8.65. The van der Waals surface area contributed by atoms with Crippen LogP contribution in [-0.4, -0.2) is 0 Å². The Hall–Kier alpha value is 0.0801. The van der Waals surface area contributed by atoms with Crippen LogP contribution in [0.15, 0.2) is 53.5 Å². The van der Waals surface area contributed by atoms with E-state index in [4.69, 9.17) is 12.6 Å². The van der Waals surface area contributed by atoms with Gasteiger partial charge in [-0.05, 0) is 6.42 Å². The van der Waals surface area contributed by atoms with Crippen molar-refractivity contribution in [2.75, 3.05) is 0 Å². The van der Waals surface area contributed by atoms with E-state index in [-0.39, 0.29) is 38.3 Å². The normalized spacial score (nSPS) is 11.3. The van der Waals surface area contributed by atoms with Crippen LogP contribution in [0.1, 0.15) is 6.42 Å². The third kappa shape index (κ3) is 8.67. The van der Waals surface area contributed by atoms with E-state index in [2.05, 4.69) is 12.1 Å². The van der Waals surface area contributed by atoms with Gasteiger partial charge in [-0.25, -0.2) is 0 Å². The van der Waals surface area contributed by atoms with Gasteiger partial charge in [0.15, 0.2) is 0 Å². The smallest absolute Gasteiger partial charge is 0 e. The van der Waals surface area contributed by atoms with E-state index in [1.165, 1.54) is 0 Å². The monoisotopic (exact) mass is 390 g/mol. The SMILES string of the molecule is Cl.[Hf].[S-]C1=CC=CC1.[c-]1ccccc1. The maximum Gasteiger partial charge on any atom is 0 e. The molecule has 0 amide bonds. The van der Waals surface area contributed by atoms with Gasteiger partial charge in [-0.15, -0.1) is 12.4 Å². The second kappa shape index (κ2) is 11.2. The largest absolute Gasteiger partial charge is 0.784 e. The van der Waals surface area contributed by atoms with Crippen LogP contribution in [0.25, 0.3) is 0 Å². The number of rotatable bonds is 0. The topological polar surface area (TPSA) is 0 Å². The molecule has 1 aliphatic rings. The van der Waals surface area contributed by atoms with Gasteiger partial charge < -0.3 is 12.6 Å². The van der Waals surface area contributed by atoms with Gasteiger partial charge in [0.25, 0.3) is 0 Å². The third-order valence-corrected chi connectivity index (χ3v) is 1.65. The van der Waals surface area contributed by atoms with Crippen molar-refractivity contribution < 1.29 is 25.8 Å². The number of benzene rings is 1. The van der Waals surface area contributed by atoms with Gasteiger partial charge in [0.2, 0.25) is 0 Å². The second-order valence-electron chi connectivity index (χ2n) is 2.34. The zero-order valence-electron chi connectivity index (χ0n) is 7.64. The van der Waals surface area contributed by atoms with E-state index in [0.717, 1.165) is 11.3 Å². The summed E-state index contributed by atoms with van der Waals surface area (Å²) in [4.78, 5) is 1.05. The molecule has 0 radical (unpaired) electrons. The van der Waals surface area contributed by atoms with E-state index in [1.54, 1.807) is 0 Å². The number of hydrogen-bond acceptors (Lipinski definition) is 1. The molecule has 0 bridgehead atoms. The Morgan fingerprint density at radius 3 is 1.93 bits per heavy atom. The van der Waals surface area contributed by atoms with Gasteiger partial charge in [0.1, 0.15) is 0 Å². The van der Waals surface area contributed by atoms with Crippen LogP contribution < -0.4 is 0 Å². The molecule has 0 saturated heterocycles. The molecule has 74 valence electrons. The van der Waals surface area contributed by atoms with Gasteiger partial charge in [-0.1, -0.05) is 18.2 Å². The number of halogens is 1. The molecular weight excluding hydrogens is 378 g/mol. The van der Waals surface area contributed by atoms with Gasteiger partial charge in [0, 0.05) is 25.8 Å². The van der Waals surface area contributed by atoms with Crippen LogP contribution >= 0.6 is 12.4 Å². The summed E-state index contributed by atoms with van der Waals surface area (Å²) in [6.07, 6.45) is 6.98. The molecule has 1 aromatic carbocycles. The summed E-state index contributed by atoms with van der Waals surface area (Å²) in [5.41, 5.74) is 0. The van der Waals surface area contributed by atoms with Crippen molar-refractivity contribution in [3.05, 3.63) is 59.5 Å². The van der Waals surface area contributed by atoms with Crippen LogP contribution in [0.2, 0.25) is 0 Å². The molecule has 0 nitrogen and oxygen atoms in total. The molecule has 3 heteroatoms. The minimum atomic E-state index is 0. The maximum absolute atomic E-state index is 4.80. The van der Waals surface area contributed by atoms with Gasteiger partial charge in [0.05, 0.1) is 0 Å². The van der Waals surface area contributed by atoms with E-state index in [0.29, 0.717) is 0 Å². The molecule has 0 aliphatic heterocycles. The molecule has 0 fully saturated rings. The minimum absolute atomic E-state index is 0. The van der Waals surface area contributed by atoms with Crippen LogP contribution in [0.4, 0.5) is 0 Å². The third-order valence-electron chi connectivity index (χ3n) is 1.34. The Morgan fingerprint density at radius 2 is 1.79 bits per heavy atom. The van der Waals surface area contributed by atoms with Crippen molar-refractivity contribution in [2.24, 2.45) is 0 Å². The molecule has 2 rings (SSSR count). The predicted octanol–water partition coefficient (Wildman–Crippen LogP) is 3.28. The standard InChI is InChI=1S/C6H5.C5H6S.ClH.Hf/c1-2-4-6-5-3-1;6-5-3-1-2-4-5;;/h1-5H;1-3,6H,4H2;1H;/q-1;;;/p-1. The van der Waals surface area contributed by atoms with Gasteiger partial charge in [-0.3, -0.25) is 0 Å². The minimum Gasteiger partial charge on any atom is -0.784 e. The predicted molar refractivity (Wildman–Crippen MR) is 61.7 cm³/mol. The van der Waals surface area contributed by atoms with Crippen LogP contribution in [0.5, 0.6) is 0 Å². The van der Waals surface area contributed by atoms with Crippen molar-refractivity contribution in [2.45, 2.75) is 6.42 Å². The van der Waals surface area contributed by atoms with Crippen LogP contribution in [0.3, 0.4) is 0 Å². The molecule has 1 aliphatic carbocycles. The van der Waals surface area contributed by atoms with Crippen molar-refractivity contribution in [3.8, 4) is 0 Å². The fourth-order valence-electron chi connectivity index (χ4n) is 0.770. The summed E-state index contributed by atoms with van der Waals surface area (Å²) in [7, 11) is 0. The summed E-state index contributed by atoms with van der Waals surface area (Å²) >= 11 is 4.80. The van der Waals surface area contributed by atoms with Crippen molar-refractivity contribution in [1.82, 2.24) is 0 Å². The van der Waals surface area contributed by atoms with Crippen molar-refractivity contribution in [1.29, 1.82) is 0 Å². The van der Waals surface area contributed by atoms with Gasteiger partial charge >= 0.3 is 0 Å². The van der Waals surface area contributed by atoms with Gasteiger partial charge in [-0.2, -0.15) is 41.3 Å². The quantitative estimate of drug-likeness (QED) is 0.373. The number of hydrogen-bond donors (Lipinski definition) is 0. The first-order chi connectivity index (χ1) is 5.89. The molecule has 14 heavy (non-hydrogen) atoms. The Kier molecular flexibility index (Phi) is 13.2. The van der Waals surface area contributed by atoms with Crippen molar-refractivity contribution in [3.63, 3.8) is 0 Å². The number of allylic oxidation sites excluding steroid dienone is 4. The second-order valence-corrected chi connectivity index (χ2v) is 2.87. The Morgan fingerprint density at radius 1 is 1.14 bits per heavy atom. The molecule has 0 heterocycles. The zero-order valence-corrected chi connectivity index (χ0v) is 12.9. The Labute approximate surface area is 116 Å². The summed E-state index contributed by atoms with van der Waals surface area (Å²) in [5.74, 6) is 0. The summed E-state index contributed by atoms with van der Waals surface area (Å²) in [6.45, 7) is 0. The van der Waals surface area contributed by atoms with E-state index >= 15 is 0 Å². The average molecular weight is 389 g/mol. The first-order valence-electron chi connectivity index (χ1n) is 3.83. The fraction of sp³-hybridized carbons (Fsp3) is 0.0909. The Bertz CT molecular complexity index is 243. The van der Waals surface area contributed by atoms with Crippen LogP contribution in [-0.2, 0) is 38.5 Å².